The molecule has 2 unspecified atom stereocenters. The molecule has 0 spiro atoms. The van der Waals surface area contributed by atoms with Crippen LogP contribution in [0.4, 0.5) is 0 Å². The van der Waals surface area contributed by atoms with E-state index in [4.69, 9.17) is 4.74 Å². The Balaban J connectivity index is 1.88. The summed E-state index contributed by atoms with van der Waals surface area (Å²) in [5.74, 6) is 0. The molecule has 1 aromatic rings. The van der Waals surface area contributed by atoms with Crippen LogP contribution in [0.2, 0.25) is 0 Å². The molecular formula is C17H26N2O. The van der Waals surface area contributed by atoms with E-state index >= 15 is 0 Å². The van der Waals surface area contributed by atoms with Gasteiger partial charge < -0.3 is 10.1 Å². The SMILES string of the molecule is Cc1ccc(C(C2CCCN2)N2CCOCC2)cc1C. The molecule has 3 rings (SSSR count). The summed E-state index contributed by atoms with van der Waals surface area (Å²) in [5, 5.41) is 3.70. The quantitative estimate of drug-likeness (QED) is 0.916. The van der Waals surface area contributed by atoms with Crippen molar-refractivity contribution in [1.29, 1.82) is 0 Å². The van der Waals surface area contributed by atoms with E-state index in [1.54, 1.807) is 0 Å². The summed E-state index contributed by atoms with van der Waals surface area (Å²) in [5.41, 5.74) is 4.25. The Morgan fingerprint density at radius 3 is 2.65 bits per heavy atom. The van der Waals surface area contributed by atoms with Crippen LogP contribution in [-0.2, 0) is 4.74 Å². The van der Waals surface area contributed by atoms with Crippen LogP contribution in [0.5, 0.6) is 0 Å². The van der Waals surface area contributed by atoms with Gasteiger partial charge in [0.15, 0.2) is 0 Å². The Kier molecular flexibility index (Phi) is 4.39. The van der Waals surface area contributed by atoms with Crippen LogP contribution in [0.1, 0.15) is 35.6 Å². The zero-order valence-electron chi connectivity index (χ0n) is 12.7. The number of morpholine rings is 1. The van der Waals surface area contributed by atoms with E-state index in [1.165, 1.54) is 29.5 Å². The maximum atomic E-state index is 5.53. The highest BCUT2D eigenvalue weighted by molar-refractivity contribution is 5.32. The van der Waals surface area contributed by atoms with Crippen LogP contribution in [0.3, 0.4) is 0 Å². The predicted molar refractivity (Wildman–Crippen MR) is 82.1 cm³/mol. The lowest BCUT2D eigenvalue weighted by atomic mass is 9.93. The zero-order valence-corrected chi connectivity index (χ0v) is 12.7. The maximum Gasteiger partial charge on any atom is 0.0594 e. The average molecular weight is 274 g/mol. The van der Waals surface area contributed by atoms with Crippen molar-refractivity contribution >= 4 is 0 Å². The Morgan fingerprint density at radius 1 is 1.20 bits per heavy atom. The third kappa shape index (κ3) is 2.90. The highest BCUT2D eigenvalue weighted by Crippen LogP contribution is 2.30. The van der Waals surface area contributed by atoms with E-state index in [0.29, 0.717) is 12.1 Å². The first kappa shape index (κ1) is 14.1. The second kappa shape index (κ2) is 6.25. The normalized spacial score (nSPS) is 25.8. The lowest BCUT2D eigenvalue weighted by Gasteiger charge is -2.38. The van der Waals surface area contributed by atoms with Crippen molar-refractivity contribution in [3.8, 4) is 0 Å². The third-order valence-corrected chi connectivity index (χ3v) is 4.79. The molecule has 2 atom stereocenters. The van der Waals surface area contributed by atoms with Gasteiger partial charge in [-0.25, -0.2) is 0 Å². The number of benzene rings is 1. The molecule has 2 heterocycles. The molecule has 3 nitrogen and oxygen atoms in total. The molecule has 2 aliphatic heterocycles. The van der Waals surface area contributed by atoms with Crippen LogP contribution in [-0.4, -0.2) is 43.8 Å². The molecule has 0 radical (unpaired) electrons. The number of hydrogen-bond acceptors (Lipinski definition) is 3. The molecule has 2 saturated heterocycles. The zero-order chi connectivity index (χ0) is 13.9. The van der Waals surface area contributed by atoms with Gasteiger partial charge in [-0.2, -0.15) is 0 Å². The van der Waals surface area contributed by atoms with Crippen molar-refractivity contribution in [2.24, 2.45) is 0 Å². The smallest absolute Gasteiger partial charge is 0.0594 e. The van der Waals surface area contributed by atoms with Crippen molar-refractivity contribution in [1.82, 2.24) is 10.2 Å². The molecule has 0 bridgehead atoms. The van der Waals surface area contributed by atoms with E-state index in [9.17, 15) is 0 Å². The fraction of sp³-hybridized carbons (Fsp3) is 0.647. The topological polar surface area (TPSA) is 24.5 Å². The Bertz CT molecular complexity index is 448. The van der Waals surface area contributed by atoms with Crippen LogP contribution in [0.15, 0.2) is 18.2 Å². The van der Waals surface area contributed by atoms with Gasteiger partial charge in [0.2, 0.25) is 0 Å². The minimum atomic E-state index is 0.501. The van der Waals surface area contributed by atoms with Crippen LogP contribution in [0, 0.1) is 13.8 Å². The second-order valence-corrected chi connectivity index (χ2v) is 6.14. The summed E-state index contributed by atoms with van der Waals surface area (Å²) in [6, 6.07) is 8.07. The number of aryl methyl sites for hydroxylation is 2. The molecule has 1 N–H and O–H groups in total. The Hall–Kier alpha value is -0.900. The van der Waals surface area contributed by atoms with Gasteiger partial charge in [-0.3, -0.25) is 4.90 Å². The largest absolute Gasteiger partial charge is 0.379 e. The van der Waals surface area contributed by atoms with E-state index in [1.807, 2.05) is 0 Å². The highest BCUT2D eigenvalue weighted by atomic mass is 16.5. The van der Waals surface area contributed by atoms with E-state index in [0.717, 1.165) is 32.8 Å². The number of nitrogens with one attached hydrogen (secondary N) is 1. The van der Waals surface area contributed by atoms with Gasteiger partial charge in [-0.15, -0.1) is 0 Å². The first-order valence-corrected chi connectivity index (χ1v) is 7.88. The van der Waals surface area contributed by atoms with Crippen molar-refractivity contribution in [2.45, 2.75) is 38.8 Å². The predicted octanol–water partition coefficient (Wildman–Crippen LogP) is 2.43. The molecule has 0 aliphatic carbocycles. The van der Waals surface area contributed by atoms with Crippen molar-refractivity contribution in [3.05, 3.63) is 34.9 Å². The van der Waals surface area contributed by atoms with Crippen LogP contribution < -0.4 is 5.32 Å². The number of ether oxygens (including phenoxy) is 1. The van der Waals surface area contributed by atoms with Crippen molar-refractivity contribution < 1.29 is 4.74 Å². The van der Waals surface area contributed by atoms with Gasteiger partial charge in [0.05, 0.1) is 19.3 Å². The van der Waals surface area contributed by atoms with Gasteiger partial charge in [0, 0.05) is 19.1 Å². The maximum absolute atomic E-state index is 5.53. The van der Waals surface area contributed by atoms with Crippen LogP contribution in [0.25, 0.3) is 0 Å². The van der Waals surface area contributed by atoms with Gasteiger partial charge >= 0.3 is 0 Å². The summed E-state index contributed by atoms with van der Waals surface area (Å²) in [6.07, 6.45) is 2.59. The highest BCUT2D eigenvalue weighted by Gasteiger charge is 2.31. The van der Waals surface area contributed by atoms with E-state index in [2.05, 4.69) is 42.3 Å². The summed E-state index contributed by atoms with van der Waals surface area (Å²) in [4.78, 5) is 2.61. The van der Waals surface area contributed by atoms with Crippen LogP contribution >= 0.6 is 0 Å². The van der Waals surface area contributed by atoms with Gasteiger partial charge in [-0.1, -0.05) is 18.2 Å². The monoisotopic (exact) mass is 274 g/mol. The molecule has 0 saturated carbocycles. The van der Waals surface area contributed by atoms with Gasteiger partial charge in [-0.05, 0) is 49.9 Å². The molecule has 110 valence electrons. The molecule has 3 heteroatoms. The number of nitrogens with zero attached hydrogens (tertiary/aromatic N) is 1. The fourth-order valence-electron chi connectivity index (χ4n) is 3.48. The molecule has 2 fully saturated rings. The molecule has 0 amide bonds. The summed E-state index contributed by atoms with van der Waals surface area (Å²) >= 11 is 0. The number of rotatable bonds is 3. The standard InChI is InChI=1S/C17H26N2O/c1-13-5-6-15(12-14(13)2)17(16-4-3-7-18-16)19-8-10-20-11-9-19/h5-6,12,16-18H,3-4,7-11H2,1-2H3. The van der Waals surface area contributed by atoms with E-state index < -0.39 is 0 Å². The Morgan fingerprint density at radius 2 is 2.00 bits per heavy atom. The Labute approximate surface area is 122 Å². The molecule has 20 heavy (non-hydrogen) atoms. The second-order valence-electron chi connectivity index (χ2n) is 6.14. The molecular weight excluding hydrogens is 248 g/mol. The summed E-state index contributed by atoms with van der Waals surface area (Å²) < 4.78 is 5.53. The minimum absolute atomic E-state index is 0.501. The molecule has 1 aromatic carbocycles. The lowest BCUT2D eigenvalue weighted by molar-refractivity contribution is 0.00873. The van der Waals surface area contributed by atoms with Crippen molar-refractivity contribution in [3.63, 3.8) is 0 Å². The summed E-state index contributed by atoms with van der Waals surface area (Å²) in [6.45, 7) is 9.41. The average Bonchev–Trinajstić information content (AvgIpc) is 2.98. The first-order valence-electron chi connectivity index (χ1n) is 7.88. The minimum Gasteiger partial charge on any atom is -0.379 e. The van der Waals surface area contributed by atoms with Gasteiger partial charge in [0.1, 0.15) is 0 Å². The van der Waals surface area contributed by atoms with E-state index in [-0.39, 0.29) is 0 Å². The summed E-state index contributed by atoms with van der Waals surface area (Å²) in [7, 11) is 0. The molecule has 0 aromatic heterocycles. The lowest BCUT2D eigenvalue weighted by Crippen LogP contribution is -2.46. The third-order valence-electron chi connectivity index (χ3n) is 4.79. The number of hydrogen-bond donors (Lipinski definition) is 1. The van der Waals surface area contributed by atoms with Crippen molar-refractivity contribution in [2.75, 3.05) is 32.8 Å². The van der Waals surface area contributed by atoms with Gasteiger partial charge in [0.25, 0.3) is 0 Å². The fourth-order valence-corrected chi connectivity index (χ4v) is 3.48. The molecule has 2 aliphatic rings. The first-order chi connectivity index (χ1) is 9.75.